The predicted molar refractivity (Wildman–Crippen MR) is 81.9 cm³/mol. The smallest absolute Gasteiger partial charge is 0.118 e. The van der Waals surface area contributed by atoms with Gasteiger partial charge in [-0.2, -0.15) is 0 Å². The van der Waals surface area contributed by atoms with Gasteiger partial charge >= 0.3 is 0 Å². The molecule has 0 spiro atoms. The Hall–Kier alpha value is -0.100. The Bertz CT molecular complexity index is 341. The van der Waals surface area contributed by atoms with Crippen molar-refractivity contribution in [3.8, 4) is 5.75 Å². The molecule has 5 heteroatoms. The largest absolute Gasteiger partial charge is 0.508 e. The molecule has 3 N–H and O–H groups in total. The van der Waals surface area contributed by atoms with Crippen LogP contribution in [0.1, 0.15) is 11.1 Å². The van der Waals surface area contributed by atoms with Crippen LogP contribution in [-0.2, 0) is 6.42 Å². The number of aromatic hydroxyl groups is 1. The Morgan fingerprint density at radius 2 is 2.06 bits per heavy atom. The third-order valence-electron chi connectivity index (χ3n) is 2.87. The molecule has 1 aromatic carbocycles. The summed E-state index contributed by atoms with van der Waals surface area (Å²) in [6, 6.07) is 6.35. The normalized spacial score (nSPS) is 19.0. The molecule has 2 rings (SSSR count). The van der Waals surface area contributed by atoms with Crippen LogP contribution in [0.25, 0.3) is 0 Å². The highest BCUT2D eigenvalue weighted by molar-refractivity contribution is 8.93. The van der Waals surface area contributed by atoms with Crippen LogP contribution >= 0.6 is 34.0 Å². The average Bonchev–Trinajstić information content (AvgIpc) is 2.25. The Labute approximate surface area is 124 Å². The molecule has 1 aromatic rings. The minimum absolute atomic E-state index is 0. The van der Waals surface area contributed by atoms with Gasteiger partial charge in [0.1, 0.15) is 5.75 Å². The van der Waals surface area contributed by atoms with Crippen molar-refractivity contribution in [3.05, 3.63) is 29.3 Å². The van der Waals surface area contributed by atoms with E-state index in [0.29, 0.717) is 11.8 Å². The van der Waals surface area contributed by atoms with E-state index >= 15 is 0 Å². The van der Waals surface area contributed by atoms with Crippen molar-refractivity contribution in [2.75, 3.05) is 19.6 Å². The van der Waals surface area contributed by atoms with E-state index in [1.54, 1.807) is 6.07 Å². The van der Waals surface area contributed by atoms with E-state index < -0.39 is 0 Å². The summed E-state index contributed by atoms with van der Waals surface area (Å²) in [6.45, 7) is 5.07. The number of aryl methyl sites for hydroxylation is 1. The number of phenolic OH excluding ortho intramolecular Hbond substituents is 1. The predicted octanol–water partition coefficient (Wildman–Crippen LogP) is 1.96. The van der Waals surface area contributed by atoms with E-state index in [2.05, 4.69) is 16.7 Å². The molecule has 0 saturated carbocycles. The van der Waals surface area contributed by atoms with E-state index in [1.165, 1.54) is 5.56 Å². The molecule has 1 unspecified atom stereocenters. The molecule has 1 aliphatic rings. The summed E-state index contributed by atoms with van der Waals surface area (Å²) >= 11 is 0. The fourth-order valence-electron chi connectivity index (χ4n) is 1.99. The number of hydrogen-bond donors (Lipinski definition) is 3. The maximum atomic E-state index is 9.42. The van der Waals surface area contributed by atoms with Crippen LogP contribution in [-0.4, -0.2) is 30.8 Å². The lowest BCUT2D eigenvalue weighted by Gasteiger charge is -2.24. The van der Waals surface area contributed by atoms with Gasteiger partial charge in [0.05, 0.1) is 0 Å². The Kier molecular flexibility index (Phi) is 8.03. The number of hydrogen-bond acceptors (Lipinski definition) is 3. The highest BCUT2D eigenvalue weighted by Gasteiger charge is 2.12. The lowest BCUT2D eigenvalue weighted by Crippen LogP contribution is -2.49. The van der Waals surface area contributed by atoms with E-state index in [9.17, 15) is 5.11 Å². The summed E-state index contributed by atoms with van der Waals surface area (Å²) in [5.41, 5.74) is 2.24. The zero-order valence-corrected chi connectivity index (χ0v) is 13.3. The van der Waals surface area contributed by atoms with E-state index in [0.717, 1.165) is 31.6 Å². The molecule has 3 nitrogen and oxygen atoms in total. The SMILES string of the molecule is Br.Br.Cc1cc(CC2CNCCN2)ccc1O. The van der Waals surface area contributed by atoms with Crippen LogP contribution in [0.2, 0.25) is 0 Å². The van der Waals surface area contributed by atoms with Gasteiger partial charge < -0.3 is 15.7 Å². The summed E-state index contributed by atoms with van der Waals surface area (Å²) in [5.74, 6) is 0.383. The number of rotatable bonds is 2. The van der Waals surface area contributed by atoms with Crippen molar-refractivity contribution < 1.29 is 5.11 Å². The highest BCUT2D eigenvalue weighted by Crippen LogP contribution is 2.17. The van der Waals surface area contributed by atoms with E-state index in [-0.39, 0.29) is 34.0 Å². The minimum Gasteiger partial charge on any atom is -0.508 e. The second kappa shape index (κ2) is 8.08. The molecule has 0 radical (unpaired) electrons. The van der Waals surface area contributed by atoms with Gasteiger partial charge in [0.25, 0.3) is 0 Å². The molecule has 17 heavy (non-hydrogen) atoms. The average molecular weight is 368 g/mol. The van der Waals surface area contributed by atoms with Crippen LogP contribution in [0, 0.1) is 6.92 Å². The highest BCUT2D eigenvalue weighted by atomic mass is 79.9. The topological polar surface area (TPSA) is 44.3 Å². The van der Waals surface area contributed by atoms with Crippen molar-refractivity contribution in [1.29, 1.82) is 0 Å². The number of halogens is 2. The Morgan fingerprint density at radius 1 is 1.29 bits per heavy atom. The van der Waals surface area contributed by atoms with Gasteiger partial charge in [0.2, 0.25) is 0 Å². The van der Waals surface area contributed by atoms with Crippen LogP contribution in [0.3, 0.4) is 0 Å². The zero-order chi connectivity index (χ0) is 10.7. The van der Waals surface area contributed by atoms with Crippen molar-refractivity contribution in [2.45, 2.75) is 19.4 Å². The molecule has 1 heterocycles. The zero-order valence-electron chi connectivity index (χ0n) is 9.90. The second-order valence-corrected chi connectivity index (χ2v) is 4.18. The molecule has 0 aliphatic carbocycles. The third kappa shape index (κ3) is 4.95. The minimum atomic E-state index is 0. The van der Waals surface area contributed by atoms with Gasteiger partial charge in [-0.15, -0.1) is 34.0 Å². The molecule has 1 fully saturated rings. The monoisotopic (exact) mass is 366 g/mol. The summed E-state index contributed by atoms with van der Waals surface area (Å²) in [4.78, 5) is 0. The summed E-state index contributed by atoms with van der Waals surface area (Å²) < 4.78 is 0. The molecule has 98 valence electrons. The first-order valence-electron chi connectivity index (χ1n) is 5.48. The lowest BCUT2D eigenvalue weighted by atomic mass is 10.0. The van der Waals surface area contributed by atoms with Gasteiger partial charge in [0.15, 0.2) is 0 Å². The molecule has 1 aliphatic heterocycles. The first-order valence-corrected chi connectivity index (χ1v) is 5.48. The molecule has 0 bridgehead atoms. The maximum absolute atomic E-state index is 9.42. The van der Waals surface area contributed by atoms with E-state index in [1.807, 2.05) is 13.0 Å². The first-order chi connectivity index (χ1) is 7.25. The van der Waals surface area contributed by atoms with Gasteiger partial charge in [-0.05, 0) is 30.5 Å². The summed E-state index contributed by atoms with van der Waals surface area (Å²) in [6.07, 6.45) is 1.02. The number of nitrogens with one attached hydrogen (secondary N) is 2. The van der Waals surface area contributed by atoms with Gasteiger partial charge in [0, 0.05) is 25.7 Å². The quantitative estimate of drug-likeness (QED) is 0.748. The Morgan fingerprint density at radius 3 is 2.65 bits per heavy atom. The lowest BCUT2D eigenvalue weighted by molar-refractivity contribution is 0.416. The fraction of sp³-hybridized carbons (Fsp3) is 0.500. The van der Waals surface area contributed by atoms with Gasteiger partial charge in [-0.25, -0.2) is 0 Å². The van der Waals surface area contributed by atoms with E-state index in [4.69, 9.17) is 0 Å². The molecule has 1 saturated heterocycles. The number of piperazine rings is 1. The molecular weight excluding hydrogens is 348 g/mol. The van der Waals surface area contributed by atoms with Crippen LogP contribution < -0.4 is 10.6 Å². The Balaban J connectivity index is 0.00000128. The number of benzene rings is 1. The third-order valence-corrected chi connectivity index (χ3v) is 2.87. The van der Waals surface area contributed by atoms with Gasteiger partial charge in [-0.3, -0.25) is 0 Å². The second-order valence-electron chi connectivity index (χ2n) is 4.18. The van der Waals surface area contributed by atoms with Crippen LogP contribution in [0.4, 0.5) is 0 Å². The van der Waals surface area contributed by atoms with Crippen LogP contribution in [0.15, 0.2) is 18.2 Å². The van der Waals surface area contributed by atoms with Crippen molar-refractivity contribution in [2.24, 2.45) is 0 Å². The molecule has 0 amide bonds. The standard InChI is InChI=1S/C12H18N2O.2BrH/c1-9-6-10(2-3-12(9)15)7-11-8-13-4-5-14-11;;/h2-3,6,11,13-15H,4-5,7-8H2,1H3;2*1H. The van der Waals surface area contributed by atoms with Crippen LogP contribution in [0.5, 0.6) is 5.75 Å². The number of phenols is 1. The fourth-order valence-corrected chi connectivity index (χ4v) is 1.99. The summed E-state index contributed by atoms with van der Waals surface area (Å²) in [5, 5.41) is 16.3. The molecule has 0 aromatic heterocycles. The van der Waals surface area contributed by atoms with Crippen molar-refractivity contribution >= 4 is 34.0 Å². The van der Waals surface area contributed by atoms with Gasteiger partial charge in [-0.1, -0.05) is 12.1 Å². The molecular formula is C12H20Br2N2O. The van der Waals surface area contributed by atoms with Crippen molar-refractivity contribution in [1.82, 2.24) is 10.6 Å². The molecule has 1 atom stereocenters. The van der Waals surface area contributed by atoms with Crippen molar-refractivity contribution in [3.63, 3.8) is 0 Å². The first kappa shape index (κ1) is 16.9. The summed E-state index contributed by atoms with van der Waals surface area (Å²) in [7, 11) is 0. The maximum Gasteiger partial charge on any atom is 0.118 e.